The fourth-order valence-electron chi connectivity index (χ4n) is 3.63. The highest BCUT2D eigenvalue weighted by Gasteiger charge is 2.56. The second-order valence-electron chi connectivity index (χ2n) is 5.78. The van der Waals surface area contributed by atoms with Crippen molar-refractivity contribution < 1.29 is 19.0 Å². The van der Waals surface area contributed by atoms with Crippen LogP contribution in [0.5, 0.6) is 17.2 Å². The van der Waals surface area contributed by atoms with Crippen molar-refractivity contribution in [1.29, 1.82) is 0 Å². The maximum absolute atomic E-state index is 12.9. The molecule has 23 heavy (non-hydrogen) atoms. The van der Waals surface area contributed by atoms with Gasteiger partial charge < -0.3 is 19.5 Å². The molecule has 3 heterocycles. The molecule has 2 aromatic rings. The summed E-state index contributed by atoms with van der Waals surface area (Å²) in [6.07, 6.45) is 0. The van der Waals surface area contributed by atoms with E-state index in [2.05, 4.69) is 5.32 Å². The number of anilines is 1. The lowest BCUT2D eigenvalue weighted by Crippen LogP contribution is -2.38. The predicted octanol–water partition coefficient (Wildman–Crippen LogP) is 2.74. The van der Waals surface area contributed by atoms with Gasteiger partial charge in [-0.05, 0) is 11.6 Å². The number of nitrogens with one attached hydrogen (secondary N) is 1. The van der Waals surface area contributed by atoms with Crippen molar-refractivity contribution in [2.45, 2.75) is 5.41 Å². The zero-order valence-electron chi connectivity index (χ0n) is 12.0. The first-order chi connectivity index (χ1) is 11.2. The van der Waals surface area contributed by atoms with Crippen molar-refractivity contribution in [3.05, 3.63) is 46.5 Å². The summed E-state index contributed by atoms with van der Waals surface area (Å²) in [5, 5.41) is 3.37. The molecule has 1 amide bonds. The molecule has 0 saturated heterocycles. The van der Waals surface area contributed by atoms with Crippen LogP contribution in [0, 0.1) is 0 Å². The van der Waals surface area contributed by atoms with Crippen molar-refractivity contribution in [2.75, 3.05) is 25.1 Å². The molecule has 0 bridgehead atoms. The van der Waals surface area contributed by atoms with Gasteiger partial charge in [-0.2, -0.15) is 0 Å². The zero-order valence-corrected chi connectivity index (χ0v) is 12.8. The minimum atomic E-state index is -0.943. The molecule has 3 aliphatic rings. The van der Waals surface area contributed by atoms with Crippen LogP contribution in [0.4, 0.5) is 5.69 Å². The van der Waals surface area contributed by atoms with Gasteiger partial charge in [0.1, 0.15) is 31.0 Å². The van der Waals surface area contributed by atoms with Crippen LogP contribution < -0.4 is 19.5 Å². The fraction of sp³-hybridized carbons (Fsp3) is 0.235. The Morgan fingerprint density at radius 3 is 2.83 bits per heavy atom. The Balaban J connectivity index is 1.86. The smallest absolute Gasteiger partial charge is 0.243 e. The lowest BCUT2D eigenvalue weighted by molar-refractivity contribution is -0.119. The van der Waals surface area contributed by atoms with Gasteiger partial charge in [0.25, 0.3) is 0 Å². The van der Waals surface area contributed by atoms with Crippen LogP contribution in [-0.4, -0.2) is 25.7 Å². The van der Waals surface area contributed by atoms with Gasteiger partial charge in [-0.3, -0.25) is 4.79 Å². The maximum atomic E-state index is 12.9. The highest BCUT2D eigenvalue weighted by Crippen LogP contribution is 2.58. The topological polar surface area (TPSA) is 56.8 Å². The number of fused-ring (bicyclic) bond motifs is 6. The Morgan fingerprint density at radius 2 is 1.91 bits per heavy atom. The first-order valence-corrected chi connectivity index (χ1v) is 7.76. The van der Waals surface area contributed by atoms with Gasteiger partial charge in [-0.15, -0.1) is 0 Å². The van der Waals surface area contributed by atoms with E-state index in [1.807, 2.05) is 24.3 Å². The van der Waals surface area contributed by atoms with E-state index in [0.717, 1.165) is 11.3 Å². The van der Waals surface area contributed by atoms with Crippen LogP contribution in [0.15, 0.2) is 30.3 Å². The van der Waals surface area contributed by atoms with Gasteiger partial charge in [0, 0.05) is 11.8 Å². The summed E-state index contributed by atoms with van der Waals surface area (Å²) < 4.78 is 17.3. The van der Waals surface area contributed by atoms with Gasteiger partial charge in [0.2, 0.25) is 5.91 Å². The Morgan fingerprint density at radius 1 is 1.09 bits per heavy atom. The SMILES string of the molecule is O=C1Nc2ccccc2C12COc1c(Cl)cc3c(c12)OCCO3. The lowest BCUT2D eigenvalue weighted by Gasteiger charge is -2.26. The summed E-state index contributed by atoms with van der Waals surface area (Å²) in [5.41, 5.74) is 1.39. The molecule has 3 aliphatic heterocycles. The molecule has 2 aromatic carbocycles. The molecule has 1 atom stereocenters. The second-order valence-corrected chi connectivity index (χ2v) is 6.19. The number of halogens is 1. The van der Waals surface area contributed by atoms with Gasteiger partial charge in [0.05, 0.1) is 10.6 Å². The molecule has 1 N–H and O–H groups in total. The van der Waals surface area contributed by atoms with E-state index in [1.165, 1.54) is 0 Å². The molecular weight excluding hydrogens is 318 g/mol. The Labute approximate surface area is 137 Å². The van der Waals surface area contributed by atoms with Gasteiger partial charge in [-0.25, -0.2) is 0 Å². The van der Waals surface area contributed by atoms with Gasteiger partial charge in [0.15, 0.2) is 11.5 Å². The fourth-order valence-corrected chi connectivity index (χ4v) is 3.87. The van der Waals surface area contributed by atoms with Crippen LogP contribution >= 0.6 is 11.6 Å². The molecule has 0 fully saturated rings. The van der Waals surface area contributed by atoms with E-state index in [1.54, 1.807) is 6.07 Å². The largest absolute Gasteiger partial charge is 0.490 e. The number of ether oxygens (including phenoxy) is 3. The Bertz CT molecular complexity index is 866. The van der Waals surface area contributed by atoms with Crippen molar-refractivity contribution in [2.24, 2.45) is 0 Å². The number of hydrogen-bond acceptors (Lipinski definition) is 4. The Hall–Kier alpha value is -2.40. The Kier molecular flexibility index (Phi) is 2.46. The van der Waals surface area contributed by atoms with E-state index in [4.69, 9.17) is 25.8 Å². The summed E-state index contributed by atoms with van der Waals surface area (Å²) in [5.74, 6) is 1.49. The summed E-state index contributed by atoms with van der Waals surface area (Å²) in [4.78, 5) is 12.9. The van der Waals surface area contributed by atoms with Gasteiger partial charge >= 0.3 is 0 Å². The van der Waals surface area contributed by atoms with Crippen LogP contribution in [0.3, 0.4) is 0 Å². The summed E-state index contributed by atoms with van der Waals surface area (Å²) in [6.45, 7) is 1.09. The van der Waals surface area contributed by atoms with Crippen LogP contribution in [0.2, 0.25) is 5.02 Å². The molecule has 5 nitrogen and oxygen atoms in total. The molecule has 116 valence electrons. The van der Waals surface area contributed by atoms with E-state index in [0.29, 0.717) is 41.0 Å². The maximum Gasteiger partial charge on any atom is 0.243 e. The third kappa shape index (κ3) is 1.50. The lowest BCUT2D eigenvalue weighted by atomic mass is 9.76. The second kappa shape index (κ2) is 4.32. The molecular formula is C17H12ClNO4. The molecule has 0 saturated carbocycles. The number of para-hydroxylation sites is 1. The minimum absolute atomic E-state index is 0.129. The standard InChI is InChI=1S/C17H12ClNO4/c18-10-7-12-15(22-6-5-21-12)13-14(10)23-8-17(13)9-3-1-2-4-11(9)19-16(17)20/h1-4,7H,5-6,8H2,(H,19,20). The van der Waals surface area contributed by atoms with Crippen molar-refractivity contribution >= 4 is 23.2 Å². The van der Waals surface area contributed by atoms with Gasteiger partial charge in [-0.1, -0.05) is 29.8 Å². The third-order valence-corrected chi connectivity index (χ3v) is 4.90. The molecule has 0 radical (unpaired) electrons. The molecule has 0 aromatic heterocycles. The van der Waals surface area contributed by atoms with E-state index >= 15 is 0 Å². The number of hydrogen-bond donors (Lipinski definition) is 1. The van der Waals surface area contributed by atoms with Crippen molar-refractivity contribution in [3.63, 3.8) is 0 Å². The first-order valence-electron chi connectivity index (χ1n) is 7.38. The number of carbonyl (C=O) groups is 1. The number of benzene rings is 2. The number of carbonyl (C=O) groups excluding carboxylic acids is 1. The first kappa shape index (κ1) is 13.1. The molecule has 1 unspecified atom stereocenters. The zero-order chi connectivity index (χ0) is 15.6. The average molecular weight is 330 g/mol. The summed E-state index contributed by atoms with van der Waals surface area (Å²) in [6, 6.07) is 9.30. The van der Waals surface area contributed by atoms with E-state index in [9.17, 15) is 4.79 Å². The highest BCUT2D eigenvalue weighted by atomic mass is 35.5. The molecule has 6 heteroatoms. The average Bonchev–Trinajstić information content (AvgIpc) is 3.10. The van der Waals surface area contributed by atoms with E-state index < -0.39 is 5.41 Å². The molecule has 5 rings (SSSR count). The normalized spacial score (nSPS) is 23.3. The molecule has 0 aliphatic carbocycles. The summed E-state index contributed by atoms with van der Waals surface area (Å²) >= 11 is 6.35. The monoisotopic (exact) mass is 329 g/mol. The summed E-state index contributed by atoms with van der Waals surface area (Å²) in [7, 11) is 0. The number of rotatable bonds is 0. The van der Waals surface area contributed by atoms with Crippen LogP contribution in [0.1, 0.15) is 11.1 Å². The van der Waals surface area contributed by atoms with E-state index in [-0.39, 0.29) is 12.5 Å². The predicted molar refractivity (Wildman–Crippen MR) is 83.8 cm³/mol. The van der Waals surface area contributed by atoms with Crippen LogP contribution in [0.25, 0.3) is 0 Å². The van der Waals surface area contributed by atoms with Crippen molar-refractivity contribution in [3.8, 4) is 17.2 Å². The van der Waals surface area contributed by atoms with Crippen LogP contribution in [-0.2, 0) is 10.2 Å². The number of amides is 1. The molecule has 1 spiro atoms. The quantitative estimate of drug-likeness (QED) is 0.807. The van der Waals surface area contributed by atoms with Crippen molar-refractivity contribution in [1.82, 2.24) is 0 Å². The minimum Gasteiger partial charge on any atom is -0.490 e. The highest BCUT2D eigenvalue weighted by molar-refractivity contribution is 6.32. The third-order valence-electron chi connectivity index (χ3n) is 4.62.